The van der Waals surface area contributed by atoms with E-state index in [4.69, 9.17) is 5.11 Å². The molecule has 0 saturated heterocycles. The Bertz CT molecular complexity index is 319. The van der Waals surface area contributed by atoms with E-state index >= 15 is 0 Å². The molecular formula is C13H22N2OS. The Balaban J connectivity index is 2.39. The van der Waals surface area contributed by atoms with Crippen LogP contribution in [0, 0.1) is 0 Å². The van der Waals surface area contributed by atoms with Crippen molar-refractivity contribution in [1.82, 2.24) is 10.3 Å². The molecule has 0 bridgehead atoms. The molecule has 0 aromatic carbocycles. The Morgan fingerprint density at radius 1 is 1.35 bits per heavy atom. The molecule has 1 aromatic rings. The van der Waals surface area contributed by atoms with Crippen LogP contribution in [0.25, 0.3) is 0 Å². The number of rotatable bonds is 6. The third-order valence-electron chi connectivity index (χ3n) is 2.17. The summed E-state index contributed by atoms with van der Waals surface area (Å²) >= 11 is 1.69. The number of nitrogens with zero attached hydrogens (tertiary/aromatic N) is 1. The van der Waals surface area contributed by atoms with Crippen LogP contribution in [0.1, 0.15) is 32.8 Å². The van der Waals surface area contributed by atoms with Gasteiger partial charge in [0.15, 0.2) is 0 Å². The van der Waals surface area contributed by atoms with E-state index in [1.165, 1.54) is 5.56 Å². The minimum absolute atomic E-state index is 0.133. The molecular weight excluding hydrogens is 232 g/mol. The second-order valence-electron chi connectivity index (χ2n) is 5.03. The lowest BCUT2D eigenvalue weighted by Gasteiger charge is -2.20. The number of hydrogen-bond acceptors (Lipinski definition) is 4. The largest absolute Gasteiger partial charge is 0.396 e. The Labute approximate surface area is 108 Å². The number of hydrogen-bond donors (Lipinski definition) is 2. The van der Waals surface area contributed by atoms with Crippen molar-refractivity contribution >= 4 is 11.8 Å². The molecule has 0 radical (unpaired) electrons. The Morgan fingerprint density at radius 2 is 2.12 bits per heavy atom. The van der Waals surface area contributed by atoms with E-state index in [0.717, 1.165) is 23.7 Å². The van der Waals surface area contributed by atoms with Gasteiger partial charge in [-0.1, -0.05) is 6.07 Å². The van der Waals surface area contributed by atoms with Gasteiger partial charge >= 0.3 is 0 Å². The molecule has 1 rings (SSSR count). The summed E-state index contributed by atoms with van der Waals surface area (Å²) in [6, 6.07) is 4.15. The van der Waals surface area contributed by atoms with E-state index in [2.05, 4.69) is 37.1 Å². The SMILES string of the molecule is CC(C)(C)NCc1ccc(SCCCO)nc1. The van der Waals surface area contributed by atoms with E-state index in [1.54, 1.807) is 11.8 Å². The van der Waals surface area contributed by atoms with Gasteiger partial charge in [0.1, 0.15) is 0 Å². The summed E-state index contributed by atoms with van der Waals surface area (Å²) in [5.74, 6) is 0.920. The first kappa shape index (κ1) is 14.5. The first-order chi connectivity index (χ1) is 8.01. The molecule has 4 heteroatoms. The zero-order chi connectivity index (χ0) is 12.7. The van der Waals surface area contributed by atoms with Gasteiger partial charge in [0.05, 0.1) is 5.03 Å². The molecule has 2 N–H and O–H groups in total. The van der Waals surface area contributed by atoms with Crippen LogP contribution in [0.4, 0.5) is 0 Å². The van der Waals surface area contributed by atoms with Gasteiger partial charge in [0.2, 0.25) is 0 Å². The van der Waals surface area contributed by atoms with Crippen molar-refractivity contribution in [3.63, 3.8) is 0 Å². The molecule has 0 aliphatic rings. The van der Waals surface area contributed by atoms with Gasteiger partial charge in [-0.2, -0.15) is 0 Å². The fourth-order valence-corrected chi connectivity index (χ4v) is 1.98. The number of aromatic nitrogens is 1. The smallest absolute Gasteiger partial charge is 0.0960 e. The average Bonchev–Trinajstić information content (AvgIpc) is 2.27. The summed E-state index contributed by atoms with van der Waals surface area (Å²) in [6.45, 7) is 7.55. The summed E-state index contributed by atoms with van der Waals surface area (Å²) < 4.78 is 0. The number of aliphatic hydroxyl groups excluding tert-OH is 1. The second kappa shape index (κ2) is 6.99. The van der Waals surface area contributed by atoms with Gasteiger partial charge < -0.3 is 10.4 Å². The maximum atomic E-state index is 8.69. The zero-order valence-corrected chi connectivity index (χ0v) is 11.7. The molecule has 0 unspecified atom stereocenters. The van der Waals surface area contributed by atoms with Gasteiger partial charge in [-0.15, -0.1) is 11.8 Å². The quantitative estimate of drug-likeness (QED) is 0.604. The number of thioether (sulfide) groups is 1. The van der Waals surface area contributed by atoms with Crippen LogP contribution in [0.2, 0.25) is 0 Å². The van der Waals surface area contributed by atoms with Crippen molar-refractivity contribution in [2.24, 2.45) is 0 Å². The maximum absolute atomic E-state index is 8.69. The average molecular weight is 254 g/mol. The van der Waals surface area contributed by atoms with Gasteiger partial charge in [0.25, 0.3) is 0 Å². The monoisotopic (exact) mass is 254 g/mol. The molecule has 96 valence electrons. The topological polar surface area (TPSA) is 45.1 Å². The van der Waals surface area contributed by atoms with Gasteiger partial charge in [-0.05, 0) is 38.8 Å². The lowest BCUT2D eigenvalue weighted by atomic mass is 10.1. The fourth-order valence-electron chi connectivity index (χ4n) is 1.21. The van der Waals surface area contributed by atoms with Crippen LogP contribution in [0.15, 0.2) is 23.4 Å². The summed E-state index contributed by atoms with van der Waals surface area (Å²) in [4.78, 5) is 4.39. The van der Waals surface area contributed by atoms with Crippen LogP contribution < -0.4 is 5.32 Å². The molecule has 0 atom stereocenters. The maximum Gasteiger partial charge on any atom is 0.0960 e. The summed E-state index contributed by atoms with van der Waals surface area (Å²) in [7, 11) is 0. The molecule has 0 spiro atoms. The van der Waals surface area contributed by atoms with Crippen molar-refractivity contribution in [2.45, 2.75) is 44.3 Å². The molecule has 0 aliphatic carbocycles. The lowest BCUT2D eigenvalue weighted by molar-refractivity contribution is 0.296. The second-order valence-corrected chi connectivity index (χ2v) is 6.15. The van der Waals surface area contributed by atoms with Crippen molar-refractivity contribution in [3.8, 4) is 0 Å². The Kier molecular flexibility index (Phi) is 5.95. The van der Waals surface area contributed by atoms with E-state index in [9.17, 15) is 0 Å². The molecule has 0 saturated carbocycles. The van der Waals surface area contributed by atoms with Crippen molar-refractivity contribution in [1.29, 1.82) is 0 Å². The summed E-state index contributed by atoms with van der Waals surface area (Å²) in [6.07, 6.45) is 2.74. The van der Waals surface area contributed by atoms with Crippen molar-refractivity contribution < 1.29 is 5.11 Å². The van der Waals surface area contributed by atoms with Gasteiger partial charge in [0, 0.05) is 30.6 Å². The molecule has 0 aliphatic heterocycles. The lowest BCUT2D eigenvalue weighted by Crippen LogP contribution is -2.35. The standard InChI is InChI=1S/C13H22N2OS/c1-13(2,3)15-10-11-5-6-12(14-9-11)17-8-4-7-16/h5-6,9,15-16H,4,7-8,10H2,1-3H3. The van der Waals surface area contributed by atoms with Crippen LogP contribution in [0.5, 0.6) is 0 Å². The molecule has 0 fully saturated rings. The third kappa shape index (κ3) is 6.66. The van der Waals surface area contributed by atoms with Gasteiger partial charge in [-0.25, -0.2) is 4.98 Å². The van der Waals surface area contributed by atoms with Crippen LogP contribution >= 0.6 is 11.8 Å². The Hall–Kier alpha value is -0.580. The normalized spacial score (nSPS) is 11.8. The van der Waals surface area contributed by atoms with E-state index in [0.29, 0.717) is 0 Å². The van der Waals surface area contributed by atoms with E-state index in [1.807, 2.05) is 12.3 Å². The highest BCUT2D eigenvalue weighted by atomic mass is 32.2. The van der Waals surface area contributed by atoms with E-state index < -0.39 is 0 Å². The summed E-state index contributed by atoms with van der Waals surface area (Å²) in [5.41, 5.74) is 1.33. The molecule has 1 heterocycles. The van der Waals surface area contributed by atoms with Crippen LogP contribution in [-0.4, -0.2) is 28.0 Å². The highest BCUT2D eigenvalue weighted by Crippen LogP contribution is 2.16. The first-order valence-corrected chi connectivity index (χ1v) is 6.93. The number of nitrogens with one attached hydrogen (secondary N) is 1. The Morgan fingerprint density at radius 3 is 2.65 bits per heavy atom. The first-order valence-electron chi connectivity index (χ1n) is 5.95. The molecule has 3 nitrogen and oxygen atoms in total. The summed E-state index contributed by atoms with van der Waals surface area (Å²) in [5, 5.41) is 13.1. The van der Waals surface area contributed by atoms with Crippen LogP contribution in [0.3, 0.4) is 0 Å². The highest BCUT2D eigenvalue weighted by Gasteiger charge is 2.08. The molecule has 17 heavy (non-hydrogen) atoms. The van der Waals surface area contributed by atoms with Crippen molar-refractivity contribution in [3.05, 3.63) is 23.9 Å². The van der Waals surface area contributed by atoms with Crippen LogP contribution in [-0.2, 0) is 6.54 Å². The highest BCUT2D eigenvalue weighted by molar-refractivity contribution is 7.99. The molecule has 0 amide bonds. The predicted molar refractivity (Wildman–Crippen MR) is 73.3 cm³/mol. The predicted octanol–water partition coefficient (Wildman–Crippen LogP) is 2.44. The molecule has 1 aromatic heterocycles. The van der Waals surface area contributed by atoms with E-state index in [-0.39, 0.29) is 12.1 Å². The van der Waals surface area contributed by atoms with Crippen molar-refractivity contribution in [2.75, 3.05) is 12.4 Å². The third-order valence-corrected chi connectivity index (χ3v) is 3.20. The zero-order valence-electron chi connectivity index (χ0n) is 10.9. The minimum atomic E-state index is 0.133. The van der Waals surface area contributed by atoms with Gasteiger partial charge in [-0.3, -0.25) is 0 Å². The number of aliphatic hydroxyl groups is 1. The number of pyridine rings is 1. The minimum Gasteiger partial charge on any atom is -0.396 e. The fraction of sp³-hybridized carbons (Fsp3) is 0.615.